The molecule has 1 fully saturated rings. The second kappa shape index (κ2) is 4.29. The van der Waals surface area contributed by atoms with Gasteiger partial charge in [0.2, 0.25) is 0 Å². The number of halogens is 1. The molecule has 0 bridgehead atoms. The zero-order chi connectivity index (χ0) is 10.8. The molecule has 1 aromatic carbocycles. The van der Waals surface area contributed by atoms with Gasteiger partial charge in [-0.05, 0) is 37.5 Å². The molecule has 1 aliphatic carbocycles. The summed E-state index contributed by atoms with van der Waals surface area (Å²) in [6, 6.07) is 7.14. The normalized spacial score (nSPS) is 27.1. The first-order valence-electron chi connectivity index (χ1n) is 5.34. The number of hydrogen-bond acceptors (Lipinski definition) is 2. The van der Waals surface area contributed by atoms with Crippen LogP contribution in [0.15, 0.2) is 24.3 Å². The number of aliphatic hydroxyl groups excluding tert-OH is 1. The summed E-state index contributed by atoms with van der Waals surface area (Å²) in [5.74, 6) is -0.199. The summed E-state index contributed by atoms with van der Waals surface area (Å²) in [7, 11) is 0. The maximum atomic E-state index is 13.0. The Morgan fingerprint density at radius 2 is 2.20 bits per heavy atom. The molecule has 0 amide bonds. The van der Waals surface area contributed by atoms with Crippen molar-refractivity contribution in [3.8, 4) is 0 Å². The van der Waals surface area contributed by atoms with Crippen LogP contribution in [0, 0.1) is 5.82 Å². The summed E-state index contributed by atoms with van der Waals surface area (Å²) < 4.78 is 13.0. The van der Waals surface area contributed by atoms with Gasteiger partial charge in [0.15, 0.2) is 0 Å². The highest BCUT2D eigenvalue weighted by Gasteiger charge is 2.28. The predicted molar refractivity (Wildman–Crippen MR) is 57.0 cm³/mol. The van der Waals surface area contributed by atoms with E-state index >= 15 is 0 Å². The van der Waals surface area contributed by atoms with Crippen molar-refractivity contribution < 1.29 is 9.50 Å². The third-order valence-corrected chi connectivity index (χ3v) is 2.95. The average molecular weight is 209 g/mol. The van der Waals surface area contributed by atoms with E-state index in [9.17, 15) is 4.39 Å². The van der Waals surface area contributed by atoms with Gasteiger partial charge in [-0.3, -0.25) is 0 Å². The van der Waals surface area contributed by atoms with Crippen LogP contribution in [0.5, 0.6) is 0 Å². The molecule has 0 saturated heterocycles. The zero-order valence-electron chi connectivity index (χ0n) is 8.78. The van der Waals surface area contributed by atoms with Crippen LogP contribution in [0.2, 0.25) is 0 Å². The summed E-state index contributed by atoms with van der Waals surface area (Å²) in [4.78, 5) is 0. The fourth-order valence-corrected chi connectivity index (χ4v) is 1.95. The highest BCUT2D eigenvalue weighted by molar-refractivity contribution is 5.19. The van der Waals surface area contributed by atoms with E-state index in [2.05, 4.69) is 5.32 Å². The largest absolute Gasteiger partial charge is 0.393 e. The fourth-order valence-electron chi connectivity index (χ4n) is 1.95. The van der Waals surface area contributed by atoms with Crippen molar-refractivity contribution in [1.82, 2.24) is 5.32 Å². The minimum Gasteiger partial charge on any atom is -0.393 e. The zero-order valence-corrected chi connectivity index (χ0v) is 8.78. The highest BCUT2D eigenvalue weighted by atomic mass is 19.1. The predicted octanol–water partition coefficient (Wildman–Crippen LogP) is 2.00. The third-order valence-electron chi connectivity index (χ3n) is 2.95. The van der Waals surface area contributed by atoms with Gasteiger partial charge in [0, 0.05) is 12.1 Å². The van der Waals surface area contributed by atoms with E-state index in [1.54, 1.807) is 12.1 Å². The molecular formula is C12H16FNO. The van der Waals surface area contributed by atoms with Crippen molar-refractivity contribution in [2.24, 2.45) is 0 Å². The summed E-state index contributed by atoms with van der Waals surface area (Å²) in [5, 5.41) is 12.5. The number of aliphatic hydroxyl groups is 1. The van der Waals surface area contributed by atoms with E-state index in [0.717, 1.165) is 18.4 Å². The van der Waals surface area contributed by atoms with Crippen LogP contribution in [0.4, 0.5) is 4.39 Å². The lowest BCUT2D eigenvalue weighted by atomic mass is 9.88. The van der Waals surface area contributed by atoms with E-state index in [0.29, 0.717) is 6.04 Å². The molecular weight excluding hydrogens is 193 g/mol. The van der Waals surface area contributed by atoms with E-state index < -0.39 is 0 Å². The monoisotopic (exact) mass is 209 g/mol. The molecule has 2 nitrogen and oxygen atoms in total. The Hall–Kier alpha value is -0.930. The van der Waals surface area contributed by atoms with E-state index in [1.807, 2.05) is 13.0 Å². The molecule has 0 heterocycles. The molecule has 1 aromatic rings. The van der Waals surface area contributed by atoms with Crippen molar-refractivity contribution >= 4 is 0 Å². The highest BCUT2D eigenvalue weighted by Crippen LogP contribution is 2.23. The van der Waals surface area contributed by atoms with Crippen molar-refractivity contribution in [2.45, 2.75) is 38.0 Å². The Kier molecular flexibility index (Phi) is 3.03. The molecule has 0 spiro atoms. The first-order valence-corrected chi connectivity index (χ1v) is 5.34. The summed E-state index contributed by atoms with van der Waals surface area (Å²) >= 11 is 0. The van der Waals surface area contributed by atoms with Gasteiger partial charge in [-0.2, -0.15) is 0 Å². The second-order valence-electron chi connectivity index (χ2n) is 4.27. The number of hydrogen-bond donors (Lipinski definition) is 2. The minimum atomic E-state index is -0.199. The van der Waals surface area contributed by atoms with Crippen LogP contribution in [0.3, 0.4) is 0 Å². The molecule has 1 unspecified atom stereocenters. The fraction of sp³-hybridized carbons (Fsp3) is 0.500. The van der Waals surface area contributed by atoms with Gasteiger partial charge >= 0.3 is 0 Å². The van der Waals surface area contributed by atoms with Crippen LogP contribution in [0.25, 0.3) is 0 Å². The molecule has 1 saturated carbocycles. The Balaban J connectivity index is 1.93. The molecule has 0 aliphatic heterocycles. The van der Waals surface area contributed by atoms with Gasteiger partial charge in [-0.15, -0.1) is 0 Å². The Bertz CT molecular complexity index is 336. The second-order valence-corrected chi connectivity index (χ2v) is 4.27. The Labute approximate surface area is 89.1 Å². The topological polar surface area (TPSA) is 32.3 Å². The lowest BCUT2D eigenvalue weighted by Gasteiger charge is -2.34. The first-order chi connectivity index (χ1) is 7.15. The summed E-state index contributed by atoms with van der Waals surface area (Å²) in [6.07, 6.45) is 1.46. The third kappa shape index (κ3) is 2.55. The van der Waals surface area contributed by atoms with Gasteiger partial charge in [-0.1, -0.05) is 12.1 Å². The van der Waals surface area contributed by atoms with Crippen LogP contribution in [-0.2, 0) is 0 Å². The lowest BCUT2D eigenvalue weighted by molar-refractivity contribution is 0.0585. The Morgan fingerprint density at radius 1 is 1.47 bits per heavy atom. The minimum absolute atomic E-state index is 0.137. The van der Waals surface area contributed by atoms with Crippen molar-refractivity contribution in [1.29, 1.82) is 0 Å². The van der Waals surface area contributed by atoms with Crippen LogP contribution < -0.4 is 5.32 Å². The molecule has 2 rings (SSSR count). The smallest absolute Gasteiger partial charge is 0.123 e. The SMILES string of the molecule is CC(NC1CC(O)C1)c1cccc(F)c1. The molecule has 3 heteroatoms. The first kappa shape index (κ1) is 10.6. The standard InChI is InChI=1S/C12H16FNO/c1-8(14-11-6-12(15)7-11)9-3-2-4-10(13)5-9/h2-5,8,11-12,14-15H,6-7H2,1H3. The molecule has 2 N–H and O–H groups in total. The average Bonchev–Trinajstić information content (AvgIpc) is 2.15. The van der Waals surface area contributed by atoms with E-state index in [1.165, 1.54) is 6.07 Å². The molecule has 1 atom stereocenters. The van der Waals surface area contributed by atoms with Gasteiger partial charge in [0.1, 0.15) is 5.82 Å². The van der Waals surface area contributed by atoms with Gasteiger partial charge in [0.05, 0.1) is 6.10 Å². The number of nitrogens with one attached hydrogen (secondary N) is 1. The van der Waals surface area contributed by atoms with Crippen molar-refractivity contribution in [3.05, 3.63) is 35.6 Å². The van der Waals surface area contributed by atoms with E-state index in [-0.39, 0.29) is 18.0 Å². The Morgan fingerprint density at radius 3 is 2.80 bits per heavy atom. The van der Waals surface area contributed by atoms with Gasteiger partial charge in [0.25, 0.3) is 0 Å². The molecule has 82 valence electrons. The molecule has 15 heavy (non-hydrogen) atoms. The number of benzene rings is 1. The van der Waals surface area contributed by atoms with Crippen LogP contribution in [-0.4, -0.2) is 17.3 Å². The summed E-state index contributed by atoms with van der Waals surface area (Å²) in [6.45, 7) is 2.01. The number of rotatable bonds is 3. The van der Waals surface area contributed by atoms with Gasteiger partial charge < -0.3 is 10.4 Å². The maximum absolute atomic E-state index is 13.0. The molecule has 1 aliphatic rings. The van der Waals surface area contributed by atoms with Crippen LogP contribution in [0.1, 0.15) is 31.4 Å². The quantitative estimate of drug-likeness (QED) is 0.798. The maximum Gasteiger partial charge on any atom is 0.123 e. The molecule has 0 radical (unpaired) electrons. The van der Waals surface area contributed by atoms with Crippen LogP contribution >= 0.6 is 0 Å². The summed E-state index contributed by atoms with van der Waals surface area (Å²) in [5.41, 5.74) is 0.955. The van der Waals surface area contributed by atoms with Crippen molar-refractivity contribution in [2.75, 3.05) is 0 Å². The molecule has 0 aromatic heterocycles. The van der Waals surface area contributed by atoms with Crippen molar-refractivity contribution in [3.63, 3.8) is 0 Å². The van der Waals surface area contributed by atoms with Gasteiger partial charge in [-0.25, -0.2) is 4.39 Å². The lowest BCUT2D eigenvalue weighted by Crippen LogP contribution is -2.45. The van der Waals surface area contributed by atoms with E-state index in [4.69, 9.17) is 5.11 Å².